The van der Waals surface area contributed by atoms with E-state index in [1.807, 2.05) is 11.8 Å². The second kappa shape index (κ2) is 2.40. The van der Waals surface area contributed by atoms with Crippen molar-refractivity contribution in [2.24, 2.45) is 0 Å². The van der Waals surface area contributed by atoms with Crippen molar-refractivity contribution in [2.75, 3.05) is 6.54 Å². The summed E-state index contributed by atoms with van der Waals surface area (Å²) in [5.74, 6) is 0. The molecule has 0 aliphatic carbocycles. The average molecular weight is 127 g/mol. The van der Waals surface area contributed by atoms with Gasteiger partial charge in [0.15, 0.2) is 0 Å². The number of hydrogen-bond donors (Lipinski definition) is 1. The zero-order valence-electron chi connectivity index (χ0n) is 5.80. The van der Waals surface area contributed by atoms with Gasteiger partial charge in [-0.3, -0.25) is 0 Å². The quantitative estimate of drug-likeness (QED) is 0.566. The van der Waals surface area contributed by atoms with Crippen LogP contribution in [-0.4, -0.2) is 22.8 Å². The molecule has 0 bridgehead atoms. The second-order valence-electron chi connectivity index (χ2n) is 2.55. The van der Waals surface area contributed by atoms with Gasteiger partial charge in [0.2, 0.25) is 0 Å². The molecule has 1 atom stereocenters. The Balaban J connectivity index is 2.49. The molecule has 0 spiro atoms. The monoisotopic (exact) mass is 127 g/mol. The summed E-state index contributed by atoms with van der Waals surface area (Å²) in [6.07, 6.45) is 1.73. The Bertz CT molecular complexity index is 122. The summed E-state index contributed by atoms with van der Waals surface area (Å²) in [6, 6.07) is 0. The van der Waals surface area contributed by atoms with Gasteiger partial charge in [-0.2, -0.15) is 0 Å². The number of rotatable bonds is 1. The summed E-state index contributed by atoms with van der Waals surface area (Å²) in [5, 5.41) is 9.22. The molecule has 0 aromatic carbocycles. The van der Waals surface area contributed by atoms with Crippen LogP contribution in [0.25, 0.3) is 0 Å². The summed E-state index contributed by atoms with van der Waals surface area (Å²) < 4.78 is 0. The molecule has 1 aliphatic heterocycles. The number of aliphatic hydroxyl groups is 1. The highest BCUT2D eigenvalue weighted by Crippen LogP contribution is 2.17. The Morgan fingerprint density at radius 2 is 2.44 bits per heavy atom. The zero-order chi connectivity index (χ0) is 6.85. The molecule has 1 N–H and O–H groups in total. The first-order valence-corrected chi connectivity index (χ1v) is 3.32. The molecule has 0 radical (unpaired) electrons. The highest BCUT2D eigenvalue weighted by molar-refractivity contribution is 4.92. The van der Waals surface area contributed by atoms with E-state index >= 15 is 0 Å². The van der Waals surface area contributed by atoms with Crippen LogP contribution < -0.4 is 0 Å². The van der Waals surface area contributed by atoms with E-state index in [0.717, 1.165) is 25.1 Å². The summed E-state index contributed by atoms with van der Waals surface area (Å²) in [6.45, 7) is 6.65. The molecule has 2 nitrogen and oxygen atoms in total. The van der Waals surface area contributed by atoms with Gasteiger partial charge in [-0.05, 0) is 19.8 Å². The van der Waals surface area contributed by atoms with Gasteiger partial charge in [-0.1, -0.05) is 6.58 Å². The van der Waals surface area contributed by atoms with Gasteiger partial charge in [0, 0.05) is 12.2 Å². The lowest BCUT2D eigenvalue weighted by Gasteiger charge is -2.21. The van der Waals surface area contributed by atoms with Crippen molar-refractivity contribution >= 4 is 0 Å². The maximum Gasteiger partial charge on any atom is 0.126 e. The molecule has 1 aliphatic rings. The molecule has 1 fully saturated rings. The molecule has 0 aromatic heterocycles. The van der Waals surface area contributed by atoms with Crippen LogP contribution in [0.1, 0.15) is 19.8 Å². The van der Waals surface area contributed by atoms with Crippen LogP contribution in [-0.2, 0) is 0 Å². The maximum absolute atomic E-state index is 9.22. The van der Waals surface area contributed by atoms with Gasteiger partial charge in [-0.25, -0.2) is 0 Å². The molecule has 2 heteroatoms. The average Bonchev–Trinajstić information content (AvgIpc) is 2.13. The van der Waals surface area contributed by atoms with Crippen molar-refractivity contribution in [3.8, 4) is 0 Å². The van der Waals surface area contributed by atoms with E-state index in [2.05, 4.69) is 6.58 Å². The van der Waals surface area contributed by atoms with Gasteiger partial charge in [-0.15, -0.1) is 0 Å². The lowest BCUT2D eigenvalue weighted by molar-refractivity contribution is 0.0633. The van der Waals surface area contributed by atoms with Crippen LogP contribution in [0.2, 0.25) is 0 Å². The van der Waals surface area contributed by atoms with Crippen LogP contribution >= 0.6 is 0 Å². The van der Waals surface area contributed by atoms with E-state index in [9.17, 15) is 5.11 Å². The van der Waals surface area contributed by atoms with Crippen LogP contribution in [0.5, 0.6) is 0 Å². The minimum Gasteiger partial charge on any atom is -0.374 e. The first kappa shape index (κ1) is 6.62. The van der Waals surface area contributed by atoms with Crippen molar-refractivity contribution < 1.29 is 5.11 Å². The molecule has 52 valence electrons. The SMILES string of the molecule is C=C(C)N1CCCC1O. The third-order valence-electron chi connectivity index (χ3n) is 1.71. The Labute approximate surface area is 55.8 Å². The predicted molar refractivity (Wildman–Crippen MR) is 36.8 cm³/mol. The van der Waals surface area contributed by atoms with Crippen molar-refractivity contribution in [1.29, 1.82) is 0 Å². The second-order valence-corrected chi connectivity index (χ2v) is 2.55. The molecule has 0 aromatic rings. The van der Waals surface area contributed by atoms with Gasteiger partial charge in [0.25, 0.3) is 0 Å². The van der Waals surface area contributed by atoms with Crippen molar-refractivity contribution in [1.82, 2.24) is 4.90 Å². The minimum absolute atomic E-state index is 0.262. The van der Waals surface area contributed by atoms with E-state index in [1.54, 1.807) is 0 Å². The number of hydrogen-bond acceptors (Lipinski definition) is 2. The Kier molecular flexibility index (Phi) is 1.76. The normalized spacial score (nSPS) is 26.9. The Morgan fingerprint density at radius 3 is 2.67 bits per heavy atom. The zero-order valence-corrected chi connectivity index (χ0v) is 5.80. The van der Waals surface area contributed by atoms with E-state index in [-0.39, 0.29) is 6.23 Å². The third kappa shape index (κ3) is 1.24. The van der Waals surface area contributed by atoms with Crippen LogP contribution in [0, 0.1) is 0 Å². The van der Waals surface area contributed by atoms with Crippen LogP contribution in [0.15, 0.2) is 12.3 Å². The van der Waals surface area contributed by atoms with Crippen molar-refractivity contribution in [2.45, 2.75) is 26.0 Å². The number of likely N-dealkylation sites (tertiary alicyclic amines) is 1. The first-order valence-electron chi connectivity index (χ1n) is 3.32. The van der Waals surface area contributed by atoms with Crippen LogP contribution in [0.4, 0.5) is 0 Å². The van der Waals surface area contributed by atoms with Crippen molar-refractivity contribution in [3.05, 3.63) is 12.3 Å². The Morgan fingerprint density at radius 1 is 1.78 bits per heavy atom. The molecule has 1 rings (SSSR count). The third-order valence-corrected chi connectivity index (χ3v) is 1.71. The summed E-state index contributed by atoms with van der Waals surface area (Å²) >= 11 is 0. The molecule has 9 heavy (non-hydrogen) atoms. The van der Waals surface area contributed by atoms with Crippen molar-refractivity contribution in [3.63, 3.8) is 0 Å². The fourth-order valence-electron chi connectivity index (χ4n) is 1.19. The standard InChI is InChI=1S/C7H13NO/c1-6(2)8-5-3-4-7(8)9/h7,9H,1,3-5H2,2H3. The van der Waals surface area contributed by atoms with E-state index in [1.165, 1.54) is 0 Å². The number of nitrogens with zero attached hydrogens (tertiary/aromatic N) is 1. The smallest absolute Gasteiger partial charge is 0.126 e. The first-order chi connectivity index (χ1) is 4.22. The molecule has 1 saturated heterocycles. The molecule has 1 heterocycles. The Hall–Kier alpha value is -0.500. The molecule has 1 unspecified atom stereocenters. The largest absolute Gasteiger partial charge is 0.374 e. The highest BCUT2D eigenvalue weighted by Gasteiger charge is 2.20. The molecule has 0 saturated carbocycles. The van der Waals surface area contributed by atoms with Gasteiger partial charge < -0.3 is 10.0 Å². The van der Waals surface area contributed by atoms with E-state index < -0.39 is 0 Å². The fourth-order valence-corrected chi connectivity index (χ4v) is 1.19. The highest BCUT2D eigenvalue weighted by atomic mass is 16.3. The summed E-state index contributed by atoms with van der Waals surface area (Å²) in [7, 11) is 0. The fraction of sp³-hybridized carbons (Fsp3) is 0.714. The number of allylic oxidation sites excluding steroid dienone is 1. The predicted octanol–water partition coefficient (Wildman–Crippen LogP) is 0.934. The van der Waals surface area contributed by atoms with Crippen LogP contribution in [0.3, 0.4) is 0 Å². The summed E-state index contributed by atoms with van der Waals surface area (Å²) in [4.78, 5) is 1.93. The molecular formula is C7H13NO. The topological polar surface area (TPSA) is 23.5 Å². The minimum atomic E-state index is -0.262. The maximum atomic E-state index is 9.22. The van der Waals surface area contributed by atoms with E-state index in [0.29, 0.717) is 0 Å². The van der Waals surface area contributed by atoms with Gasteiger partial charge in [0.1, 0.15) is 6.23 Å². The van der Waals surface area contributed by atoms with E-state index in [4.69, 9.17) is 0 Å². The molecular weight excluding hydrogens is 114 g/mol. The lowest BCUT2D eigenvalue weighted by atomic mass is 10.4. The number of aliphatic hydroxyl groups excluding tert-OH is 1. The molecule has 0 amide bonds. The van der Waals surface area contributed by atoms with Gasteiger partial charge >= 0.3 is 0 Å². The lowest BCUT2D eigenvalue weighted by Crippen LogP contribution is -2.26. The summed E-state index contributed by atoms with van der Waals surface area (Å²) in [5.41, 5.74) is 0.972. The van der Waals surface area contributed by atoms with Gasteiger partial charge in [0.05, 0.1) is 0 Å².